The molecular weight excluding hydrogens is 262 g/mol. The van der Waals surface area contributed by atoms with Crippen molar-refractivity contribution in [3.63, 3.8) is 0 Å². The standard InChI is InChI=1S/C15H22ClNO2/c1-4-8-19-14-7-6-12(9-13(14)16)10-17-15(3,5-2)11-18/h4,6-7,9,17-18H,1,5,8,10-11H2,2-3H3. The molecule has 0 radical (unpaired) electrons. The Bertz CT molecular complexity index is 417. The van der Waals surface area contributed by atoms with Crippen LogP contribution in [0.15, 0.2) is 30.9 Å². The van der Waals surface area contributed by atoms with Gasteiger partial charge in [0, 0.05) is 12.1 Å². The molecule has 0 saturated heterocycles. The average Bonchev–Trinajstić information content (AvgIpc) is 2.44. The molecule has 1 atom stereocenters. The molecule has 4 heteroatoms. The Kier molecular flexibility index (Phi) is 6.35. The quantitative estimate of drug-likeness (QED) is 0.720. The molecular formula is C15H22ClNO2. The highest BCUT2D eigenvalue weighted by Crippen LogP contribution is 2.25. The monoisotopic (exact) mass is 283 g/mol. The van der Waals surface area contributed by atoms with Gasteiger partial charge < -0.3 is 15.2 Å². The summed E-state index contributed by atoms with van der Waals surface area (Å²) in [7, 11) is 0. The highest BCUT2D eigenvalue weighted by Gasteiger charge is 2.19. The van der Waals surface area contributed by atoms with Crippen LogP contribution < -0.4 is 10.1 Å². The molecule has 1 rings (SSSR count). The van der Waals surface area contributed by atoms with E-state index < -0.39 is 0 Å². The Labute approximate surface area is 120 Å². The molecule has 0 amide bonds. The van der Waals surface area contributed by atoms with Crippen LogP contribution in [0.1, 0.15) is 25.8 Å². The lowest BCUT2D eigenvalue weighted by molar-refractivity contribution is 0.169. The summed E-state index contributed by atoms with van der Waals surface area (Å²) in [6, 6.07) is 5.69. The highest BCUT2D eigenvalue weighted by atomic mass is 35.5. The molecule has 0 saturated carbocycles. The van der Waals surface area contributed by atoms with Crippen molar-refractivity contribution in [3.8, 4) is 5.75 Å². The number of benzene rings is 1. The first-order valence-corrected chi connectivity index (χ1v) is 6.80. The van der Waals surface area contributed by atoms with Crippen molar-refractivity contribution in [2.75, 3.05) is 13.2 Å². The maximum atomic E-state index is 9.34. The summed E-state index contributed by atoms with van der Waals surface area (Å²) in [5.74, 6) is 0.658. The van der Waals surface area contributed by atoms with Gasteiger partial charge in [-0.3, -0.25) is 0 Å². The van der Waals surface area contributed by atoms with Gasteiger partial charge in [-0.05, 0) is 31.0 Å². The minimum Gasteiger partial charge on any atom is -0.488 e. The van der Waals surface area contributed by atoms with Gasteiger partial charge in [0.05, 0.1) is 11.6 Å². The van der Waals surface area contributed by atoms with Gasteiger partial charge in [0.1, 0.15) is 12.4 Å². The van der Waals surface area contributed by atoms with Gasteiger partial charge in [0.25, 0.3) is 0 Å². The van der Waals surface area contributed by atoms with E-state index in [0.29, 0.717) is 23.9 Å². The van der Waals surface area contributed by atoms with Crippen LogP contribution in [0.5, 0.6) is 5.75 Å². The number of nitrogens with one attached hydrogen (secondary N) is 1. The van der Waals surface area contributed by atoms with E-state index in [9.17, 15) is 5.11 Å². The van der Waals surface area contributed by atoms with E-state index >= 15 is 0 Å². The SMILES string of the molecule is C=CCOc1ccc(CNC(C)(CC)CO)cc1Cl. The molecule has 106 valence electrons. The summed E-state index contributed by atoms with van der Waals surface area (Å²) in [6.07, 6.45) is 2.54. The van der Waals surface area contributed by atoms with Crippen molar-refractivity contribution in [1.82, 2.24) is 5.32 Å². The van der Waals surface area contributed by atoms with E-state index in [1.54, 1.807) is 6.08 Å². The topological polar surface area (TPSA) is 41.5 Å². The predicted molar refractivity (Wildman–Crippen MR) is 79.8 cm³/mol. The molecule has 3 nitrogen and oxygen atoms in total. The molecule has 19 heavy (non-hydrogen) atoms. The molecule has 0 aliphatic rings. The van der Waals surface area contributed by atoms with E-state index in [4.69, 9.17) is 16.3 Å². The van der Waals surface area contributed by atoms with Gasteiger partial charge in [-0.15, -0.1) is 0 Å². The third-order valence-electron chi connectivity index (χ3n) is 3.20. The lowest BCUT2D eigenvalue weighted by Crippen LogP contribution is -2.44. The summed E-state index contributed by atoms with van der Waals surface area (Å²) in [5, 5.41) is 13.3. The number of halogens is 1. The maximum Gasteiger partial charge on any atom is 0.138 e. The summed E-state index contributed by atoms with van der Waals surface area (Å²) in [4.78, 5) is 0. The van der Waals surface area contributed by atoms with Crippen LogP contribution in [0.4, 0.5) is 0 Å². The predicted octanol–water partition coefficient (Wildman–Crippen LogP) is 3.16. The number of ether oxygens (including phenoxy) is 1. The fraction of sp³-hybridized carbons (Fsp3) is 0.467. The van der Waals surface area contributed by atoms with Gasteiger partial charge in [0.2, 0.25) is 0 Å². The second kappa shape index (κ2) is 7.53. The average molecular weight is 284 g/mol. The van der Waals surface area contributed by atoms with Crippen LogP contribution in [-0.2, 0) is 6.54 Å². The van der Waals surface area contributed by atoms with Gasteiger partial charge in [0.15, 0.2) is 0 Å². The lowest BCUT2D eigenvalue weighted by Gasteiger charge is -2.27. The molecule has 0 aliphatic heterocycles. The van der Waals surface area contributed by atoms with Crippen molar-refractivity contribution in [3.05, 3.63) is 41.4 Å². The van der Waals surface area contributed by atoms with Crippen LogP contribution in [-0.4, -0.2) is 23.9 Å². The van der Waals surface area contributed by atoms with E-state index in [-0.39, 0.29) is 12.1 Å². The zero-order valence-electron chi connectivity index (χ0n) is 11.6. The molecule has 1 aromatic rings. The van der Waals surface area contributed by atoms with Gasteiger partial charge >= 0.3 is 0 Å². The first-order chi connectivity index (χ1) is 9.04. The van der Waals surface area contributed by atoms with Crippen LogP contribution in [0, 0.1) is 0 Å². The van der Waals surface area contributed by atoms with Gasteiger partial charge in [-0.1, -0.05) is 37.2 Å². The number of rotatable bonds is 8. The lowest BCUT2D eigenvalue weighted by atomic mass is 10.00. The van der Waals surface area contributed by atoms with Crippen LogP contribution in [0.3, 0.4) is 0 Å². The van der Waals surface area contributed by atoms with Crippen LogP contribution in [0.25, 0.3) is 0 Å². The van der Waals surface area contributed by atoms with Crippen molar-refractivity contribution in [1.29, 1.82) is 0 Å². The van der Waals surface area contributed by atoms with Crippen molar-refractivity contribution in [2.45, 2.75) is 32.4 Å². The van der Waals surface area contributed by atoms with Crippen molar-refractivity contribution < 1.29 is 9.84 Å². The fourth-order valence-corrected chi connectivity index (χ4v) is 1.79. The summed E-state index contributed by atoms with van der Waals surface area (Å²) >= 11 is 6.15. The Morgan fingerprint density at radius 1 is 1.53 bits per heavy atom. The van der Waals surface area contributed by atoms with E-state index in [1.165, 1.54) is 0 Å². The normalized spacial score (nSPS) is 13.9. The molecule has 0 aliphatic carbocycles. The van der Waals surface area contributed by atoms with Gasteiger partial charge in [-0.2, -0.15) is 0 Å². The molecule has 0 heterocycles. The Morgan fingerprint density at radius 2 is 2.26 bits per heavy atom. The summed E-state index contributed by atoms with van der Waals surface area (Å²) in [6.45, 7) is 8.84. The number of hydrogen-bond donors (Lipinski definition) is 2. The zero-order chi connectivity index (χ0) is 14.3. The number of aliphatic hydroxyl groups excluding tert-OH is 1. The van der Waals surface area contributed by atoms with Crippen molar-refractivity contribution >= 4 is 11.6 Å². The van der Waals surface area contributed by atoms with E-state index in [2.05, 4.69) is 11.9 Å². The second-order valence-electron chi connectivity index (χ2n) is 4.79. The van der Waals surface area contributed by atoms with Crippen LogP contribution in [0.2, 0.25) is 5.02 Å². The minimum atomic E-state index is -0.259. The van der Waals surface area contributed by atoms with Crippen LogP contribution >= 0.6 is 11.6 Å². The first kappa shape index (κ1) is 16.0. The maximum absolute atomic E-state index is 9.34. The minimum absolute atomic E-state index is 0.109. The summed E-state index contributed by atoms with van der Waals surface area (Å²) < 4.78 is 5.42. The fourth-order valence-electron chi connectivity index (χ4n) is 1.53. The van der Waals surface area contributed by atoms with Gasteiger partial charge in [-0.25, -0.2) is 0 Å². The third-order valence-corrected chi connectivity index (χ3v) is 3.50. The molecule has 1 unspecified atom stereocenters. The molecule has 0 fully saturated rings. The molecule has 0 bridgehead atoms. The number of aliphatic hydroxyl groups is 1. The third kappa shape index (κ3) is 4.86. The highest BCUT2D eigenvalue weighted by molar-refractivity contribution is 6.32. The zero-order valence-corrected chi connectivity index (χ0v) is 12.3. The van der Waals surface area contributed by atoms with E-state index in [1.807, 2.05) is 32.0 Å². The number of hydrogen-bond acceptors (Lipinski definition) is 3. The van der Waals surface area contributed by atoms with Crippen molar-refractivity contribution in [2.24, 2.45) is 0 Å². The summed E-state index contributed by atoms with van der Waals surface area (Å²) in [5.41, 5.74) is 0.800. The van der Waals surface area contributed by atoms with E-state index in [0.717, 1.165) is 12.0 Å². The smallest absolute Gasteiger partial charge is 0.138 e. The Hall–Kier alpha value is -1.03. The Morgan fingerprint density at radius 3 is 2.79 bits per heavy atom. The Balaban J connectivity index is 2.65. The molecule has 2 N–H and O–H groups in total. The molecule has 0 aromatic heterocycles. The largest absolute Gasteiger partial charge is 0.488 e. The first-order valence-electron chi connectivity index (χ1n) is 6.42. The molecule has 0 spiro atoms. The second-order valence-corrected chi connectivity index (χ2v) is 5.20. The molecule has 1 aromatic carbocycles.